The van der Waals surface area contributed by atoms with Crippen LogP contribution in [0.15, 0.2) is 29.2 Å². The molecule has 6 heteroatoms. The van der Waals surface area contributed by atoms with Gasteiger partial charge in [0.1, 0.15) is 0 Å². The molecule has 0 aliphatic heterocycles. The molecule has 2 aromatic rings. The number of carboxylic acids is 1. The number of aromatic nitrogens is 2. The van der Waals surface area contributed by atoms with E-state index in [1.54, 1.807) is 0 Å². The zero-order chi connectivity index (χ0) is 11.0. The van der Waals surface area contributed by atoms with E-state index < -0.39 is 23.0 Å². The van der Waals surface area contributed by atoms with Crippen molar-refractivity contribution in [1.82, 2.24) is 9.38 Å². The van der Waals surface area contributed by atoms with Crippen molar-refractivity contribution in [3.05, 3.63) is 46.3 Å². The molecule has 0 aliphatic carbocycles. The second-order valence-corrected chi connectivity index (χ2v) is 2.83. The van der Waals surface area contributed by atoms with Gasteiger partial charge in [0.2, 0.25) is 0 Å². The molecular formula is C9H5FN2O3. The van der Waals surface area contributed by atoms with Gasteiger partial charge in [0, 0.05) is 12.3 Å². The highest BCUT2D eigenvalue weighted by Gasteiger charge is 2.10. The van der Waals surface area contributed by atoms with Crippen molar-refractivity contribution < 1.29 is 14.3 Å². The van der Waals surface area contributed by atoms with Crippen LogP contribution < -0.4 is 5.56 Å². The summed E-state index contributed by atoms with van der Waals surface area (Å²) in [6.45, 7) is 0. The fraction of sp³-hybridized carbons (Fsp3) is 0. The molecule has 76 valence electrons. The van der Waals surface area contributed by atoms with Crippen molar-refractivity contribution >= 4 is 11.6 Å². The number of nitrogens with zero attached hydrogens (tertiary/aromatic N) is 2. The monoisotopic (exact) mass is 208 g/mol. The van der Waals surface area contributed by atoms with Gasteiger partial charge in [0.05, 0.1) is 0 Å². The Bertz CT molecular complexity index is 606. The van der Waals surface area contributed by atoms with Crippen LogP contribution in [0.25, 0.3) is 5.65 Å². The second-order valence-electron chi connectivity index (χ2n) is 2.83. The number of carbonyl (C=O) groups is 1. The van der Waals surface area contributed by atoms with Crippen LogP contribution in [0.3, 0.4) is 0 Å². The summed E-state index contributed by atoms with van der Waals surface area (Å²) in [6.07, 6.45) is 1.32. The van der Waals surface area contributed by atoms with Crippen LogP contribution in [0.2, 0.25) is 0 Å². The van der Waals surface area contributed by atoms with Crippen LogP contribution in [0.4, 0.5) is 4.39 Å². The van der Waals surface area contributed by atoms with Gasteiger partial charge >= 0.3 is 5.97 Å². The summed E-state index contributed by atoms with van der Waals surface area (Å²) in [7, 11) is 0. The Balaban J connectivity index is 2.92. The van der Waals surface area contributed by atoms with Crippen molar-refractivity contribution in [1.29, 1.82) is 0 Å². The Labute approximate surface area is 82.4 Å². The van der Waals surface area contributed by atoms with Crippen LogP contribution >= 0.6 is 0 Å². The topological polar surface area (TPSA) is 71.7 Å². The van der Waals surface area contributed by atoms with E-state index in [1.807, 2.05) is 0 Å². The third kappa shape index (κ3) is 1.45. The Kier molecular flexibility index (Phi) is 1.96. The van der Waals surface area contributed by atoms with E-state index in [0.717, 1.165) is 16.5 Å². The van der Waals surface area contributed by atoms with Gasteiger partial charge in [0.25, 0.3) is 5.56 Å². The van der Waals surface area contributed by atoms with Gasteiger partial charge in [-0.3, -0.25) is 9.20 Å². The van der Waals surface area contributed by atoms with E-state index in [2.05, 4.69) is 4.98 Å². The van der Waals surface area contributed by atoms with Gasteiger partial charge in [-0.05, 0) is 12.1 Å². The van der Waals surface area contributed by atoms with Gasteiger partial charge in [-0.2, -0.15) is 0 Å². The standard InChI is InChI=1S/C9H5FN2O3/c10-5-2-1-3-12-7(13)4-6(9(14)15)11-8(5)12/h1-4H,(H,14,15). The fourth-order valence-corrected chi connectivity index (χ4v) is 1.20. The molecular weight excluding hydrogens is 203 g/mol. The summed E-state index contributed by atoms with van der Waals surface area (Å²) in [5.74, 6) is -2.10. The van der Waals surface area contributed by atoms with E-state index in [-0.39, 0.29) is 5.65 Å². The maximum absolute atomic E-state index is 13.2. The lowest BCUT2D eigenvalue weighted by molar-refractivity contribution is 0.0690. The van der Waals surface area contributed by atoms with Crippen molar-refractivity contribution in [2.75, 3.05) is 0 Å². The van der Waals surface area contributed by atoms with Crippen LogP contribution in [0.1, 0.15) is 10.5 Å². The van der Waals surface area contributed by atoms with Gasteiger partial charge in [-0.1, -0.05) is 0 Å². The van der Waals surface area contributed by atoms with E-state index in [1.165, 1.54) is 12.3 Å². The minimum atomic E-state index is -1.36. The molecule has 0 saturated carbocycles. The Morgan fingerprint density at radius 2 is 2.27 bits per heavy atom. The van der Waals surface area contributed by atoms with Crippen molar-refractivity contribution in [2.24, 2.45) is 0 Å². The van der Waals surface area contributed by atoms with Gasteiger partial charge in [0.15, 0.2) is 17.2 Å². The first-order valence-corrected chi connectivity index (χ1v) is 4.01. The molecule has 15 heavy (non-hydrogen) atoms. The molecule has 0 spiro atoms. The molecule has 5 nitrogen and oxygen atoms in total. The first kappa shape index (κ1) is 9.32. The summed E-state index contributed by atoms with van der Waals surface area (Å²) < 4.78 is 14.1. The lowest BCUT2D eigenvalue weighted by Crippen LogP contribution is -2.18. The van der Waals surface area contributed by atoms with E-state index >= 15 is 0 Å². The fourth-order valence-electron chi connectivity index (χ4n) is 1.20. The van der Waals surface area contributed by atoms with Crippen LogP contribution in [-0.4, -0.2) is 20.5 Å². The molecule has 0 unspecified atom stereocenters. The summed E-state index contributed by atoms with van der Waals surface area (Å²) in [5, 5.41) is 8.63. The Morgan fingerprint density at radius 1 is 1.53 bits per heavy atom. The average Bonchev–Trinajstić information content (AvgIpc) is 2.19. The number of carboxylic acid groups (broad SMARTS) is 1. The second kappa shape index (κ2) is 3.16. The Morgan fingerprint density at radius 3 is 2.93 bits per heavy atom. The maximum atomic E-state index is 13.2. The number of hydrogen-bond donors (Lipinski definition) is 1. The van der Waals surface area contributed by atoms with E-state index in [0.29, 0.717) is 0 Å². The molecule has 0 amide bonds. The number of rotatable bonds is 1. The van der Waals surface area contributed by atoms with E-state index in [9.17, 15) is 14.0 Å². The van der Waals surface area contributed by atoms with Gasteiger partial charge in [-0.15, -0.1) is 0 Å². The largest absolute Gasteiger partial charge is 0.477 e. The number of fused-ring (bicyclic) bond motifs is 1. The summed E-state index contributed by atoms with van der Waals surface area (Å²) >= 11 is 0. The third-order valence-electron chi connectivity index (χ3n) is 1.86. The molecule has 0 aliphatic rings. The first-order chi connectivity index (χ1) is 7.09. The SMILES string of the molecule is O=C(O)c1cc(=O)n2cccc(F)c2n1. The molecule has 1 N–H and O–H groups in total. The number of hydrogen-bond acceptors (Lipinski definition) is 3. The molecule has 0 atom stereocenters. The predicted octanol–water partition coefficient (Wildman–Crippen LogP) is 0.532. The van der Waals surface area contributed by atoms with Gasteiger partial charge in [-0.25, -0.2) is 14.2 Å². The smallest absolute Gasteiger partial charge is 0.354 e. The molecule has 2 aromatic heterocycles. The van der Waals surface area contributed by atoms with Crippen LogP contribution in [0.5, 0.6) is 0 Å². The van der Waals surface area contributed by atoms with Crippen molar-refractivity contribution in [2.45, 2.75) is 0 Å². The number of halogens is 1. The molecule has 0 bridgehead atoms. The highest BCUT2D eigenvalue weighted by Crippen LogP contribution is 2.04. The highest BCUT2D eigenvalue weighted by molar-refractivity contribution is 5.85. The number of aromatic carboxylic acids is 1. The van der Waals surface area contributed by atoms with E-state index in [4.69, 9.17) is 5.11 Å². The quantitative estimate of drug-likeness (QED) is 0.742. The third-order valence-corrected chi connectivity index (χ3v) is 1.86. The zero-order valence-electron chi connectivity index (χ0n) is 7.35. The molecule has 0 saturated heterocycles. The Hall–Kier alpha value is -2.24. The number of pyridine rings is 1. The molecule has 0 fully saturated rings. The summed E-state index contributed by atoms with van der Waals surface area (Å²) in [6, 6.07) is 3.29. The molecule has 2 heterocycles. The van der Waals surface area contributed by atoms with Crippen LogP contribution in [-0.2, 0) is 0 Å². The summed E-state index contributed by atoms with van der Waals surface area (Å²) in [4.78, 5) is 25.4. The molecule has 2 rings (SSSR count). The normalized spacial score (nSPS) is 10.5. The lowest BCUT2D eigenvalue weighted by atomic mass is 10.3. The minimum absolute atomic E-state index is 0.289. The first-order valence-electron chi connectivity index (χ1n) is 4.01. The van der Waals surface area contributed by atoms with Crippen LogP contribution in [0, 0.1) is 5.82 Å². The maximum Gasteiger partial charge on any atom is 0.354 e. The molecule has 0 radical (unpaired) electrons. The van der Waals surface area contributed by atoms with Crippen molar-refractivity contribution in [3.8, 4) is 0 Å². The highest BCUT2D eigenvalue weighted by atomic mass is 19.1. The van der Waals surface area contributed by atoms with Crippen molar-refractivity contribution in [3.63, 3.8) is 0 Å². The zero-order valence-corrected chi connectivity index (χ0v) is 7.35. The molecule has 0 aromatic carbocycles. The summed E-state index contributed by atoms with van der Waals surface area (Å²) in [5.41, 5.74) is -1.38. The predicted molar refractivity (Wildman–Crippen MR) is 48.4 cm³/mol. The average molecular weight is 208 g/mol. The lowest BCUT2D eigenvalue weighted by Gasteiger charge is -2.00. The minimum Gasteiger partial charge on any atom is -0.477 e. The van der Waals surface area contributed by atoms with Gasteiger partial charge < -0.3 is 5.11 Å².